The van der Waals surface area contributed by atoms with E-state index in [4.69, 9.17) is 14.2 Å². The van der Waals surface area contributed by atoms with Gasteiger partial charge >= 0.3 is 17.9 Å². The summed E-state index contributed by atoms with van der Waals surface area (Å²) in [5.41, 5.74) is 0. The van der Waals surface area contributed by atoms with E-state index in [1.165, 1.54) is 180 Å². The molecular formula is C73H126O6. The number of hydrogen-bond donors (Lipinski definition) is 0. The molecule has 0 spiro atoms. The van der Waals surface area contributed by atoms with Crippen molar-refractivity contribution in [1.82, 2.24) is 0 Å². The highest BCUT2D eigenvalue weighted by molar-refractivity contribution is 5.71. The van der Waals surface area contributed by atoms with Crippen LogP contribution in [0.4, 0.5) is 0 Å². The second-order valence-electron chi connectivity index (χ2n) is 22.4. The molecular weight excluding hydrogens is 973 g/mol. The Labute approximate surface area is 489 Å². The van der Waals surface area contributed by atoms with Crippen LogP contribution in [0, 0.1) is 0 Å². The number of carbonyl (C=O) groups is 3. The van der Waals surface area contributed by atoms with E-state index in [1.54, 1.807) is 0 Å². The fourth-order valence-electron chi connectivity index (χ4n) is 9.55. The molecule has 0 heterocycles. The second kappa shape index (κ2) is 66.8. The molecule has 6 nitrogen and oxygen atoms in total. The molecule has 0 aliphatic heterocycles. The van der Waals surface area contributed by atoms with E-state index in [-0.39, 0.29) is 37.5 Å². The topological polar surface area (TPSA) is 78.9 Å². The van der Waals surface area contributed by atoms with Gasteiger partial charge < -0.3 is 14.2 Å². The maximum atomic E-state index is 12.9. The molecule has 0 aromatic rings. The summed E-state index contributed by atoms with van der Waals surface area (Å²) >= 11 is 0. The van der Waals surface area contributed by atoms with Crippen LogP contribution in [0.3, 0.4) is 0 Å². The summed E-state index contributed by atoms with van der Waals surface area (Å²) in [7, 11) is 0. The van der Waals surface area contributed by atoms with Gasteiger partial charge in [-0.1, -0.05) is 311 Å². The third-order valence-corrected chi connectivity index (χ3v) is 14.6. The highest BCUT2D eigenvalue weighted by Gasteiger charge is 2.19. The van der Waals surface area contributed by atoms with Crippen molar-refractivity contribution in [2.45, 2.75) is 335 Å². The second-order valence-corrected chi connectivity index (χ2v) is 22.4. The molecule has 0 aromatic carbocycles. The van der Waals surface area contributed by atoms with Crippen LogP contribution in [0.15, 0.2) is 97.2 Å². The molecule has 0 aliphatic carbocycles. The maximum absolute atomic E-state index is 12.9. The van der Waals surface area contributed by atoms with Crippen molar-refractivity contribution in [1.29, 1.82) is 0 Å². The quantitative estimate of drug-likeness (QED) is 0.0261. The number of esters is 3. The van der Waals surface area contributed by atoms with Gasteiger partial charge in [-0.15, -0.1) is 0 Å². The zero-order valence-electron chi connectivity index (χ0n) is 52.1. The molecule has 0 radical (unpaired) electrons. The maximum Gasteiger partial charge on any atom is 0.306 e. The molecule has 0 amide bonds. The van der Waals surface area contributed by atoms with Crippen LogP contribution in [-0.2, 0) is 28.6 Å². The van der Waals surface area contributed by atoms with Gasteiger partial charge in [-0.25, -0.2) is 0 Å². The van der Waals surface area contributed by atoms with E-state index in [0.717, 1.165) is 103 Å². The summed E-state index contributed by atoms with van der Waals surface area (Å²) in [4.78, 5) is 38.4. The van der Waals surface area contributed by atoms with Crippen molar-refractivity contribution < 1.29 is 28.6 Å². The standard InChI is InChI=1S/C73H126O6/c1-4-7-10-13-16-19-22-25-28-31-33-35-36-38-39-42-45-48-51-54-57-60-63-66-72(75)78-69-70(68-77-71(74)65-62-59-56-53-50-47-44-41-30-27-24-21-18-15-12-9-6-3)79-73(76)67-64-61-58-55-52-49-46-43-40-37-34-32-29-26-23-20-17-14-11-8-5-2/h9,12,18,21,23,26-27,30,32,34,40,43-44,47,53,56,70H,4-8,10-11,13-17,19-20,22,24-25,28-29,31,33,35-39,41-42,45-46,48-52,54-55,57-69H2,1-3H3/b12-9-,21-18-,26-23-,30-27-,34-32-,43-40-,47-44-,56-53-. The Morgan fingerprint density at radius 2 is 0.506 bits per heavy atom. The van der Waals surface area contributed by atoms with Crippen LogP contribution in [0.5, 0.6) is 0 Å². The lowest BCUT2D eigenvalue weighted by atomic mass is 10.0. The van der Waals surface area contributed by atoms with E-state index < -0.39 is 6.10 Å². The summed E-state index contributed by atoms with van der Waals surface area (Å²) in [6, 6.07) is 0. The first-order valence-corrected chi connectivity index (χ1v) is 33.7. The van der Waals surface area contributed by atoms with Gasteiger partial charge in [0.15, 0.2) is 6.10 Å². The number of allylic oxidation sites excluding steroid dienone is 16. The van der Waals surface area contributed by atoms with Gasteiger partial charge in [0.25, 0.3) is 0 Å². The number of carbonyl (C=O) groups excluding carboxylic acids is 3. The monoisotopic (exact) mass is 1100 g/mol. The predicted octanol–water partition coefficient (Wildman–Crippen LogP) is 23.2. The Hall–Kier alpha value is -3.67. The molecule has 0 bridgehead atoms. The van der Waals surface area contributed by atoms with Gasteiger partial charge in [0.2, 0.25) is 0 Å². The van der Waals surface area contributed by atoms with Crippen molar-refractivity contribution in [3.63, 3.8) is 0 Å². The number of rotatable bonds is 61. The first-order valence-electron chi connectivity index (χ1n) is 33.7. The highest BCUT2D eigenvalue weighted by Crippen LogP contribution is 2.17. The Kier molecular flexibility index (Phi) is 63.7. The van der Waals surface area contributed by atoms with Crippen molar-refractivity contribution in [2.75, 3.05) is 13.2 Å². The molecule has 1 unspecified atom stereocenters. The van der Waals surface area contributed by atoms with Gasteiger partial charge in [0.05, 0.1) is 0 Å². The first kappa shape index (κ1) is 75.3. The van der Waals surface area contributed by atoms with E-state index in [0.29, 0.717) is 19.3 Å². The molecule has 6 heteroatoms. The van der Waals surface area contributed by atoms with Gasteiger partial charge in [0, 0.05) is 19.3 Å². The average molecular weight is 1100 g/mol. The van der Waals surface area contributed by atoms with Crippen LogP contribution in [0.25, 0.3) is 0 Å². The van der Waals surface area contributed by atoms with Crippen LogP contribution >= 0.6 is 0 Å². The van der Waals surface area contributed by atoms with Crippen LogP contribution in [-0.4, -0.2) is 37.2 Å². The first-order chi connectivity index (χ1) is 39.0. The largest absolute Gasteiger partial charge is 0.462 e. The zero-order chi connectivity index (χ0) is 57.1. The molecule has 0 N–H and O–H groups in total. The average Bonchev–Trinajstić information content (AvgIpc) is 3.45. The highest BCUT2D eigenvalue weighted by atomic mass is 16.6. The Morgan fingerprint density at radius 1 is 0.266 bits per heavy atom. The lowest BCUT2D eigenvalue weighted by molar-refractivity contribution is -0.167. The third kappa shape index (κ3) is 65.0. The Morgan fingerprint density at radius 3 is 0.823 bits per heavy atom. The molecule has 0 rings (SSSR count). The number of ether oxygens (including phenoxy) is 3. The van der Waals surface area contributed by atoms with Crippen molar-refractivity contribution in [3.05, 3.63) is 97.2 Å². The van der Waals surface area contributed by atoms with Crippen molar-refractivity contribution in [3.8, 4) is 0 Å². The summed E-state index contributed by atoms with van der Waals surface area (Å²) in [5, 5.41) is 0. The third-order valence-electron chi connectivity index (χ3n) is 14.6. The minimum absolute atomic E-state index is 0.0986. The van der Waals surface area contributed by atoms with E-state index >= 15 is 0 Å². The molecule has 79 heavy (non-hydrogen) atoms. The summed E-state index contributed by atoms with van der Waals surface area (Å²) in [6.45, 7) is 6.50. The SMILES string of the molecule is CC/C=C\C/C=C\C/C=C\C/C=C\C/C=C\CCCC(=O)OCC(COC(=O)CCCCCCCCCCCCCCCCCCCCCCCCC)OC(=O)CCCCCCCC/C=C\C/C=C\C/C=C\CCCCCCC. The lowest BCUT2D eigenvalue weighted by Gasteiger charge is -2.18. The van der Waals surface area contributed by atoms with Crippen molar-refractivity contribution in [2.24, 2.45) is 0 Å². The molecule has 0 aromatic heterocycles. The molecule has 0 fully saturated rings. The Balaban J connectivity index is 4.42. The molecule has 0 saturated carbocycles. The summed E-state index contributed by atoms with van der Waals surface area (Å²) < 4.78 is 16.9. The number of unbranched alkanes of at least 4 members (excludes halogenated alkanes) is 34. The minimum Gasteiger partial charge on any atom is -0.462 e. The van der Waals surface area contributed by atoms with Gasteiger partial charge in [-0.2, -0.15) is 0 Å². The molecule has 0 saturated heterocycles. The zero-order valence-corrected chi connectivity index (χ0v) is 52.1. The van der Waals surface area contributed by atoms with E-state index in [9.17, 15) is 14.4 Å². The smallest absolute Gasteiger partial charge is 0.306 e. The van der Waals surface area contributed by atoms with E-state index in [1.807, 2.05) is 0 Å². The van der Waals surface area contributed by atoms with Crippen LogP contribution in [0.1, 0.15) is 329 Å². The predicted molar refractivity (Wildman–Crippen MR) is 344 cm³/mol. The molecule has 454 valence electrons. The summed E-state index contributed by atoms with van der Waals surface area (Å²) in [6.07, 6.45) is 90.0. The fourth-order valence-corrected chi connectivity index (χ4v) is 9.55. The van der Waals surface area contributed by atoms with E-state index in [2.05, 4.69) is 118 Å². The van der Waals surface area contributed by atoms with Crippen molar-refractivity contribution >= 4 is 17.9 Å². The normalized spacial score (nSPS) is 12.7. The summed E-state index contributed by atoms with van der Waals surface area (Å²) in [5.74, 6) is -0.959. The van der Waals surface area contributed by atoms with Crippen LogP contribution < -0.4 is 0 Å². The number of hydrogen-bond acceptors (Lipinski definition) is 6. The molecule has 0 aliphatic rings. The van der Waals surface area contributed by atoms with Gasteiger partial charge in [-0.05, 0) is 96.3 Å². The van der Waals surface area contributed by atoms with Gasteiger partial charge in [0.1, 0.15) is 13.2 Å². The minimum atomic E-state index is -0.809. The van der Waals surface area contributed by atoms with Crippen LogP contribution in [0.2, 0.25) is 0 Å². The fraction of sp³-hybridized carbons (Fsp3) is 0.740. The Bertz CT molecular complexity index is 1540. The molecule has 1 atom stereocenters. The van der Waals surface area contributed by atoms with Gasteiger partial charge in [-0.3, -0.25) is 14.4 Å². The lowest BCUT2D eigenvalue weighted by Crippen LogP contribution is -2.30.